The fourth-order valence-corrected chi connectivity index (χ4v) is 2.35. The first kappa shape index (κ1) is 11.4. The normalized spacial score (nSPS) is 21.5. The van der Waals surface area contributed by atoms with E-state index in [0.717, 1.165) is 12.2 Å². The van der Waals surface area contributed by atoms with Crippen molar-refractivity contribution in [3.8, 4) is 0 Å². The minimum Gasteiger partial charge on any atom is -0.371 e. The van der Waals surface area contributed by atoms with Gasteiger partial charge in [-0.15, -0.1) is 0 Å². The van der Waals surface area contributed by atoms with Gasteiger partial charge >= 0.3 is 0 Å². The Morgan fingerprint density at radius 2 is 2.25 bits per heavy atom. The topological polar surface area (TPSA) is 28.2 Å². The van der Waals surface area contributed by atoms with Crippen LogP contribution < -0.4 is 10.2 Å². The second-order valence-electron chi connectivity index (χ2n) is 4.60. The minimum absolute atomic E-state index is 0.664. The van der Waals surface area contributed by atoms with Crippen molar-refractivity contribution in [2.75, 3.05) is 25.0 Å². The number of nitrogens with zero attached hydrogens (tertiary/aromatic N) is 2. The monoisotopic (exact) mass is 219 g/mol. The van der Waals surface area contributed by atoms with Crippen LogP contribution in [0.3, 0.4) is 0 Å². The van der Waals surface area contributed by atoms with Crippen LogP contribution in [0, 0.1) is 6.92 Å². The van der Waals surface area contributed by atoms with Gasteiger partial charge in [-0.1, -0.05) is 0 Å². The summed E-state index contributed by atoms with van der Waals surface area (Å²) >= 11 is 0. The maximum atomic E-state index is 4.25. The van der Waals surface area contributed by atoms with Crippen LogP contribution in [0.4, 0.5) is 5.69 Å². The lowest BCUT2D eigenvalue weighted by Gasteiger charge is -2.29. The first-order valence-corrected chi connectivity index (χ1v) is 6.13. The van der Waals surface area contributed by atoms with Gasteiger partial charge in [0.2, 0.25) is 0 Å². The molecule has 0 spiro atoms. The lowest BCUT2D eigenvalue weighted by Crippen LogP contribution is -2.32. The Kier molecular flexibility index (Phi) is 3.78. The third-order valence-electron chi connectivity index (χ3n) is 3.38. The van der Waals surface area contributed by atoms with Crippen LogP contribution in [-0.4, -0.2) is 31.2 Å². The van der Waals surface area contributed by atoms with E-state index >= 15 is 0 Å². The van der Waals surface area contributed by atoms with E-state index < -0.39 is 0 Å². The van der Waals surface area contributed by atoms with Crippen molar-refractivity contribution in [2.24, 2.45) is 0 Å². The Morgan fingerprint density at radius 3 is 3.06 bits per heavy atom. The standard InChI is InChI=1S/C13H21N3/c1-11-10-13(6-9-15-11)16(2)12-4-3-7-14-8-5-12/h6,9-10,12,14H,3-5,7-8H2,1-2H3. The van der Waals surface area contributed by atoms with E-state index in [-0.39, 0.29) is 0 Å². The fraction of sp³-hybridized carbons (Fsp3) is 0.615. The molecule has 1 aliphatic heterocycles. The summed E-state index contributed by atoms with van der Waals surface area (Å²) in [5.74, 6) is 0. The predicted octanol–water partition coefficient (Wildman–Crippen LogP) is 1.97. The number of rotatable bonds is 2. The van der Waals surface area contributed by atoms with Crippen molar-refractivity contribution < 1.29 is 0 Å². The van der Waals surface area contributed by atoms with Crippen LogP contribution in [-0.2, 0) is 0 Å². The van der Waals surface area contributed by atoms with E-state index in [1.54, 1.807) is 0 Å². The maximum absolute atomic E-state index is 4.25. The van der Waals surface area contributed by atoms with Gasteiger partial charge in [-0.3, -0.25) is 4.98 Å². The summed E-state index contributed by atoms with van der Waals surface area (Å²) in [5.41, 5.74) is 2.38. The third kappa shape index (κ3) is 2.73. The highest BCUT2D eigenvalue weighted by molar-refractivity contribution is 5.46. The zero-order chi connectivity index (χ0) is 11.4. The van der Waals surface area contributed by atoms with E-state index in [9.17, 15) is 0 Å². The molecule has 88 valence electrons. The molecule has 1 N–H and O–H groups in total. The SMILES string of the molecule is Cc1cc(N(C)C2CCCNCC2)ccn1. The first-order valence-electron chi connectivity index (χ1n) is 6.13. The summed E-state index contributed by atoms with van der Waals surface area (Å²) < 4.78 is 0. The second-order valence-corrected chi connectivity index (χ2v) is 4.60. The molecule has 1 fully saturated rings. The van der Waals surface area contributed by atoms with Crippen molar-refractivity contribution in [1.29, 1.82) is 0 Å². The van der Waals surface area contributed by atoms with Crippen molar-refractivity contribution in [3.05, 3.63) is 24.0 Å². The van der Waals surface area contributed by atoms with E-state index in [1.807, 2.05) is 13.1 Å². The Morgan fingerprint density at radius 1 is 1.38 bits per heavy atom. The van der Waals surface area contributed by atoms with Gasteiger partial charge in [0.15, 0.2) is 0 Å². The highest BCUT2D eigenvalue weighted by atomic mass is 15.1. The number of nitrogens with one attached hydrogen (secondary N) is 1. The molecule has 1 aromatic rings. The summed E-state index contributed by atoms with van der Waals surface area (Å²) in [6.45, 7) is 4.35. The molecule has 0 saturated carbocycles. The molecule has 0 radical (unpaired) electrons. The summed E-state index contributed by atoms with van der Waals surface area (Å²) in [7, 11) is 2.20. The Bertz CT molecular complexity index is 330. The highest BCUT2D eigenvalue weighted by Gasteiger charge is 2.16. The predicted molar refractivity (Wildman–Crippen MR) is 67.9 cm³/mol. The first-order chi connectivity index (χ1) is 7.77. The van der Waals surface area contributed by atoms with Crippen LogP contribution in [0.5, 0.6) is 0 Å². The molecular weight excluding hydrogens is 198 g/mol. The summed E-state index contributed by atoms with van der Waals surface area (Å²) in [4.78, 5) is 6.65. The molecule has 3 nitrogen and oxygen atoms in total. The number of pyridine rings is 1. The van der Waals surface area contributed by atoms with E-state index in [4.69, 9.17) is 0 Å². The average molecular weight is 219 g/mol. The molecule has 2 heterocycles. The van der Waals surface area contributed by atoms with Gasteiger partial charge < -0.3 is 10.2 Å². The Labute approximate surface area is 97.9 Å². The van der Waals surface area contributed by atoms with Crippen molar-refractivity contribution >= 4 is 5.69 Å². The Hall–Kier alpha value is -1.09. The lowest BCUT2D eigenvalue weighted by atomic mass is 10.1. The van der Waals surface area contributed by atoms with Crippen molar-refractivity contribution in [1.82, 2.24) is 10.3 Å². The summed E-state index contributed by atoms with van der Waals surface area (Å²) in [6, 6.07) is 4.93. The number of aromatic nitrogens is 1. The molecule has 1 aliphatic rings. The average Bonchev–Trinajstić information content (AvgIpc) is 2.56. The number of anilines is 1. The van der Waals surface area contributed by atoms with Crippen LogP contribution in [0.25, 0.3) is 0 Å². The van der Waals surface area contributed by atoms with Gasteiger partial charge in [0, 0.05) is 30.7 Å². The van der Waals surface area contributed by atoms with Gasteiger partial charge in [-0.25, -0.2) is 0 Å². The minimum atomic E-state index is 0.664. The molecule has 0 amide bonds. The van der Waals surface area contributed by atoms with Gasteiger partial charge in [-0.05, 0) is 51.4 Å². The number of hydrogen-bond donors (Lipinski definition) is 1. The molecule has 1 unspecified atom stereocenters. The molecule has 0 aliphatic carbocycles. The van der Waals surface area contributed by atoms with E-state index in [0.29, 0.717) is 6.04 Å². The molecule has 1 saturated heterocycles. The van der Waals surface area contributed by atoms with Gasteiger partial charge in [-0.2, -0.15) is 0 Å². The molecule has 1 aromatic heterocycles. The van der Waals surface area contributed by atoms with Crippen LogP contribution in [0.1, 0.15) is 25.0 Å². The van der Waals surface area contributed by atoms with Crippen LogP contribution in [0.15, 0.2) is 18.3 Å². The quantitative estimate of drug-likeness (QED) is 0.824. The molecule has 0 bridgehead atoms. The largest absolute Gasteiger partial charge is 0.371 e. The number of hydrogen-bond acceptors (Lipinski definition) is 3. The van der Waals surface area contributed by atoms with Gasteiger partial charge in [0.1, 0.15) is 0 Å². The van der Waals surface area contributed by atoms with Gasteiger partial charge in [0.25, 0.3) is 0 Å². The number of aryl methyl sites for hydroxylation is 1. The van der Waals surface area contributed by atoms with Gasteiger partial charge in [0.05, 0.1) is 0 Å². The lowest BCUT2D eigenvalue weighted by molar-refractivity contribution is 0.566. The van der Waals surface area contributed by atoms with E-state index in [1.165, 1.54) is 31.5 Å². The molecule has 0 aromatic carbocycles. The summed E-state index contributed by atoms with van der Waals surface area (Å²) in [5, 5.41) is 3.46. The maximum Gasteiger partial charge on any atom is 0.0399 e. The highest BCUT2D eigenvalue weighted by Crippen LogP contribution is 2.20. The summed E-state index contributed by atoms with van der Waals surface area (Å²) in [6.07, 6.45) is 5.69. The molecular formula is C13H21N3. The second kappa shape index (κ2) is 5.30. The van der Waals surface area contributed by atoms with E-state index in [2.05, 4.69) is 34.4 Å². The van der Waals surface area contributed by atoms with Crippen molar-refractivity contribution in [3.63, 3.8) is 0 Å². The fourth-order valence-electron chi connectivity index (χ4n) is 2.35. The zero-order valence-corrected chi connectivity index (χ0v) is 10.2. The van der Waals surface area contributed by atoms with Crippen LogP contribution in [0.2, 0.25) is 0 Å². The molecule has 3 heteroatoms. The molecule has 1 atom stereocenters. The zero-order valence-electron chi connectivity index (χ0n) is 10.2. The Balaban J connectivity index is 2.07. The molecule has 2 rings (SSSR count). The smallest absolute Gasteiger partial charge is 0.0399 e. The van der Waals surface area contributed by atoms with Crippen molar-refractivity contribution in [2.45, 2.75) is 32.2 Å². The van der Waals surface area contributed by atoms with Crippen LogP contribution >= 0.6 is 0 Å². The molecule has 16 heavy (non-hydrogen) atoms. The third-order valence-corrected chi connectivity index (χ3v) is 3.38.